The van der Waals surface area contributed by atoms with Crippen LogP contribution in [0.4, 0.5) is 0 Å². The molecule has 0 aliphatic carbocycles. The molecule has 0 N–H and O–H groups in total. The Labute approximate surface area is 231 Å². The number of nitrogens with zero attached hydrogens (tertiary/aromatic N) is 2. The summed E-state index contributed by atoms with van der Waals surface area (Å²) in [6.07, 6.45) is 7.00. The third-order valence-electron chi connectivity index (χ3n) is 7.48. The fourth-order valence-corrected chi connectivity index (χ4v) is 4.97. The lowest BCUT2D eigenvalue weighted by Crippen LogP contribution is -2.46. The summed E-state index contributed by atoms with van der Waals surface area (Å²) < 4.78 is 14.0. The summed E-state index contributed by atoms with van der Waals surface area (Å²) in [7, 11) is -4.49. The first-order valence-corrected chi connectivity index (χ1v) is 18.8. The van der Waals surface area contributed by atoms with E-state index in [0.29, 0.717) is 11.5 Å². The average Bonchev–Trinajstić information content (AvgIpc) is 2.83. The lowest BCUT2D eigenvalue weighted by molar-refractivity contribution is 0.439. The Morgan fingerprint density at radius 2 is 0.842 bits per heavy atom. The largest absolute Gasteiger partial charge is 0.540 e. The summed E-state index contributed by atoms with van der Waals surface area (Å²) >= 11 is 0. The second-order valence-corrected chi connectivity index (χ2v) is 22.0. The lowest BCUT2D eigenvalue weighted by Gasteiger charge is -2.40. The molecule has 0 saturated carbocycles. The zero-order valence-electron chi connectivity index (χ0n) is 24.5. The molecular weight excluding hydrogens is 501 g/mol. The first-order valence-electron chi connectivity index (χ1n) is 13.0. The van der Waals surface area contributed by atoms with Crippen LogP contribution in [0, 0.1) is 23.7 Å². The number of hydrogen-bond acceptors (Lipinski definition) is 4. The third-order valence-corrected chi connectivity index (χ3v) is 16.1. The molecule has 6 heteroatoms. The SMILES string of the molecule is CC(C)(C)[Si](C)(C)Oc1c(C#Cc2ccncc2)ccc(C#Cc2ccncc2)c1O[Si](C)(C)C(C)(C)C. The Morgan fingerprint density at radius 3 is 1.13 bits per heavy atom. The van der Waals surface area contributed by atoms with Gasteiger partial charge in [0.25, 0.3) is 16.6 Å². The van der Waals surface area contributed by atoms with Crippen LogP contribution in [-0.2, 0) is 0 Å². The van der Waals surface area contributed by atoms with Gasteiger partial charge in [-0.15, -0.1) is 0 Å². The molecular formula is C32H40N2O2Si2. The van der Waals surface area contributed by atoms with Crippen molar-refractivity contribution in [3.63, 3.8) is 0 Å². The molecule has 4 nitrogen and oxygen atoms in total. The Kier molecular flexibility index (Phi) is 8.61. The van der Waals surface area contributed by atoms with Gasteiger partial charge in [-0.25, -0.2) is 0 Å². The van der Waals surface area contributed by atoms with Crippen molar-refractivity contribution in [3.8, 4) is 35.2 Å². The van der Waals surface area contributed by atoms with Crippen molar-refractivity contribution in [2.75, 3.05) is 0 Å². The van der Waals surface area contributed by atoms with Crippen molar-refractivity contribution in [2.24, 2.45) is 0 Å². The van der Waals surface area contributed by atoms with Gasteiger partial charge in [-0.3, -0.25) is 9.97 Å². The molecule has 1 aromatic carbocycles. The number of aromatic nitrogens is 2. The van der Waals surface area contributed by atoms with Crippen LogP contribution < -0.4 is 8.85 Å². The van der Waals surface area contributed by atoms with E-state index in [1.54, 1.807) is 24.8 Å². The molecule has 0 spiro atoms. The van der Waals surface area contributed by atoms with E-state index in [9.17, 15) is 0 Å². The number of hydrogen-bond donors (Lipinski definition) is 0. The van der Waals surface area contributed by atoms with Gasteiger partial charge in [-0.2, -0.15) is 0 Å². The first kappa shape index (κ1) is 29.2. The average molecular weight is 541 g/mol. The minimum absolute atomic E-state index is 0.00420. The quantitative estimate of drug-likeness (QED) is 0.248. The van der Waals surface area contributed by atoms with Crippen molar-refractivity contribution < 1.29 is 8.85 Å². The molecule has 0 saturated heterocycles. The van der Waals surface area contributed by atoms with E-state index in [0.717, 1.165) is 22.3 Å². The predicted molar refractivity (Wildman–Crippen MR) is 163 cm³/mol. The number of benzene rings is 1. The molecule has 0 aliphatic rings. The van der Waals surface area contributed by atoms with Crippen LogP contribution in [-0.4, -0.2) is 26.6 Å². The van der Waals surface area contributed by atoms with Crippen molar-refractivity contribution in [3.05, 3.63) is 83.4 Å². The van der Waals surface area contributed by atoms with Crippen molar-refractivity contribution in [1.82, 2.24) is 9.97 Å². The number of rotatable bonds is 4. The molecule has 0 amide bonds. The summed E-state index contributed by atoms with van der Waals surface area (Å²) in [6, 6.07) is 11.6. The molecule has 3 aromatic rings. The van der Waals surface area contributed by atoms with Crippen LogP contribution in [0.3, 0.4) is 0 Å². The molecule has 0 aliphatic heterocycles. The number of pyridine rings is 2. The summed E-state index contributed by atoms with van der Waals surface area (Å²) in [6.45, 7) is 22.4. The van der Waals surface area contributed by atoms with E-state index < -0.39 is 16.6 Å². The molecule has 0 atom stereocenters. The van der Waals surface area contributed by atoms with Crippen molar-refractivity contribution >= 4 is 16.6 Å². The fourth-order valence-electron chi connectivity index (χ4n) is 2.93. The fraction of sp³-hybridized carbons (Fsp3) is 0.375. The maximum absolute atomic E-state index is 7.01. The maximum Gasteiger partial charge on any atom is 0.250 e. The van der Waals surface area contributed by atoms with Crippen molar-refractivity contribution in [1.29, 1.82) is 0 Å². The summed E-state index contributed by atoms with van der Waals surface area (Å²) in [4.78, 5) is 8.21. The monoisotopic (exact) mass is 540 g/mol. The van der Waals surface area contributed by atoms with Crippen LogP contribution in [0.15, 0.2) is 61.2 Å². The highest BCUT2D eigenvalue weighted by Crippen LogP contribution is 2.46. The molecule has 0 unspecified atom stereocenters. The molecule has 2 heterocycles. The minimum Gasteiger partial charge on any atom is -0.540 e. The van der Waals surface area contributed by atoms with Gasteiger partial charge in [-0.1, -0.05) is 65.2 Å². The second kappa shape index (κ2) is 11.2. The van der Waals surface area contributed by atoms with E-state index >= 15 is 0 Å². The van der Waals surface area contributed by atoms with Gasteiger partial charge in [0.15, 0.2) is 11.5 Å². The van der Waals surface area contributed by atoms with E-state index in [1.165, 1.54) is 0 Å². The normalized spacial score (nSPS) is 12.1. The van der Waals surface area contributed by atoms with E-state index in [2.05, 4.69) is 101 Å². The smallest absolute Gasteiger partial charge is 0.250 e. The Morgan fingerprint density at radius 1 is 0.526 bits per heavy atom. The van der Waals surface area contributed by atoms with E-state index in [-0.39, 0.29) is 10.1 Å². The predicted octanol–water partition coefficient (Wildman–Crippen LogP) is 8.04. The van der Waals surface area contributed by atoms with Crippen LogP contribution >= 0.6 is 0 Å². The summed E-state index contributed by atoms with van der Waals surface area (Å²) in [5.41, 5.74) is 3.39. The van der Waals surface area contributed by atoms with Crippen LogP contribution in [0.25, 0.3) is 0 Å². The van der Waals surface area contributed by atoms with Crippen LogP contribution in [0.2, 0.25) is 36.3 Å². The summed E-state index contributed by atoms with van der Waals surface area (Å²) in [5, 5.41) is -0.00841. The van der Waals surface area contributed by atoms with Gasteiger partial charge < -0.3 is 8.85 Å². The van der Waals surface area contributed by atoms with E-state index in [4.69, 9.17) is 8.85 Å². The molecule has 38 heavy (non-hydrogen) atoms. The lowest BCUT2D eigenvalue weighted by atomic mass is 10.1. The zero-order valence-corrected chi connectivity index (χ0v) is 26.5. The van der Waals surface area contributed by atoms with Gasteiger partial charge in [0.1, 0.15) is 0 Å². The maximum atomic E-state index is 7.01. The van der Waals surface area contributed by atoms with Crippen LogP contribution in [0.1, 0.15) is 63.8 Å². The third kappa shape index (κ3) is 7.16. The molecule has 0 bridgehead atoms. The molecule has 0 fully saturated rings. The molecule has 198 valence electrons. The van der Waals surface area contributed by atoms with Gasteiger partial charge in [0.05, 0.1) is 11.1 Å². The Hall–Kier alpha value is -3.33. The van der Waals surface area contributed by atoms with Crippen LogP contribution in [0.5, 0.6) is 11.5 Å². The minimum atomic E-state index is -2.25. The zero-order chi connectivity index (χ0) is 28.2. The van der Waals surface area contributed by atoms with Crippen molar-refractivity contribution in [2.45, 2.75) is 77.8 Å². The topological polar surface area (TPSA) is 44.2 Å². The highest BCUT2D eigenvalue weighted by molar-refractivity contribution is 6.75. The second-order valence-electron chi connectivity index (χ2n) is 12.5. The van der Waals surface area contributed by atoms with Gasteiger partial charge in [0, 0.05) is 35.9 Å². The summed E-state index contributed by atoms with van der Waals surface area (Å²) in [5.74, 6) is 14.7. The van der Waals surface area contributed by atoms with Gasteiger partial charge in [0.2, 0.25) is 0 Å². The molecule has 2 aromatic heterocycles. The highest BCUT2D eigenvalue weighted by atomic mass is 28.4. The molecule has 3 rings (SSSR count). The highest BCUT2D eigenvalue weighted by Gasteiger charge is 2.43. The Bertz CT molecular complexity index is 1270. The standard InChI is InChI=1S/C32H40N2O2Si2/c1-31(2,3)37(7,8)35-29-27(13-11-25-17-21-33-22-18-25)15-16-28(14-12-26-19-23-34-24-20-26)30(29)36-38(9,10)32(4,5)6/h15-24H,1-10H3. The van der Waals surface area contributed by atoms with Gasteiger partial charge in [-0.05, 0) is 72.7 Å². The van der Waals surface area contributed by atoms with Gasteiger partial charge >= 0.3 is 0 Å². The first-order chi connectivity index (χ1) is 17.6. The van der Waals surface area contributed by atoms with E-state index in [1.807, 2.05) is 36.4 Å². The molecule has 0 radical (unpaired) electrons. The Balaban J connectivity index is 2.29.